The van der Waals surface area contributed by atoms with Gasteiger partial charge in [-0.1, -0.05) is 158 Å². The summed E-state index contributed by atoms with van der Waals surface area (Å²) < 4.78 is 9.17. The van der Waals surface area contributed by atoms with E-state index < -0.39 is 0 Å². The normalized spacial score (nSPS) is 11.7. The number of rotatable bonds is 6. The van der Waals surface area contributed by atoms with Gasteiger partial charge < -0.3 is 9.32 Å². The van der Waals surface area contributed by atoms with E-state index in [4.69, 9.17) is 4.42 Å². The molecule has 0 unspecified atom stereocenters. The molecule has 10 aromatic carbocycles. The second kappa shape index (κ2) is 13.6. The van der Waals surface area contributed by atoms with E-state index >= 15 is 0 Å². The Morgan fingerprint density at radius 1 is 0.356 bits per heavy atom. The molecule has 0 saturated carbocycles. The van der Waals surface area contributed by atoms with E-state index in [0.717, 1.165) is 61.3 Å². The van der Waals surface area contributed by atoms with Crippen LogP contribution in [0.3, 0.4) is 0 Å². The largest absolute Gasteiger partial charge is 0.455 e. The molecule has 0 aliphatic heterocycles. The van der Waals surface area contributed by atoms with Crippen LogP contribution in [0.1, 0.15) is 0 Å². The number of fused-ring (bicyclic) bond motifs is 9. The Morgan fingerprint density at radius 2 is 1.00 bits per heavy atom. The van der Waals surface area contributed by atoms with Crippen LogP contribution in [0.15, 0.2) is 217 Å². The van der Waals surface area contributed by atoms with Gasteiger partial charge in [0.1, 0.15) is 11.2 Å². The van der Waals surface area contributed by atoms with Crippen molar-refractivity contribution in [2.45, 2.75) is 0 Å². The molecule has 0 aliphatic rings. The Labute approximate surface area is 345 Å². The highest BCUT2D eigenvalue weighted by Gasteiger charge is 2.22. The maximum atomic E-state index is 6.61. The Kier molecular flexibility index (Phi) is 7.75. The van der Waals surface area contributed by atoms with Gasteiger partial charge in [-0.25, -0.2) is 0 Å². The van der Waals surface area contributed by atoms with Gasteiger partial charge in [0.15, 0.2) is 0 Å². The van der Waals surface area contributed by atoms with Crippen LogP contribution in [0.5, 0.6) is 0 Å². The van der Waals surface area contributed by atoms with Gasteiger partial charge in [-0.2, -0.15) is 0 Å². The number of furan rings is 1. The summed E-state index contributed by atoms with van der Waals surface area (Å²) in [5.74, 6) is 0. The molecule has 0 N–H and O–H groups in total. The summed E-state index contributed by atoms with van der Waals surface area (Å²) in [6, 6.07) is 77.0. The zero-order valence-corrected chi connectivity index (χ0v) is 32.8. The first-order valence-corrected chi connectivity index (χ1v) is 20.9. The zero-order valence-electron chi connectivity index (χ0n) is 32.0. The van der Waals surface area contributed by atoms with Crippen molar-refractivity contribution in [1.82, 2.24) is 0 Å². The number of hydrogen-bond donors (Lipinski definition) is 0. The number of para-hydroxylation sites is 2. The van der Waals surface area contributed by atoms with E-state index in [-0.39, 0.29) is 0 Å². The lowest BCUT2D eigenvalue weighted by Crippen LogP contribution is -2.10. The Balaban J connectivity index is 1.09. The molecular weight excluding hydrogens is 735 g/mol. The third kappa shape index (κ3) is 5.47. The van der Waals surface area contributed by atoms with Crippen LogP contribution in [-0.4, -0.2) is 0 Å². The van der Waals surface area contributed by atoms with Crippen molar-refractivity contribution in [2.75, 3.05) is 4.90 Å². The Morgan fingerprint density at radius 3 is 1.86 bits per heavy atom. The molecule has 0 radical (unpaired) electrons. The van der Waals surface area contributed by atoms with Gasteiger partial charge >= 0.3 is 0 Å². The second-order valence-electron chi connectivity index (χ2n) is 15.2. The molecule has 0 saturated heterocycles. The van der Waals surface area contributed by atoms with Crippen LogP contribution in [0.2, 0.25) is 0 Å². The summed E-state index contributed by atoms with van der Waals surface area (Å²) in [6.45, 7) is 0. The molecule has 12 aromatic rings. The topological polar surface area (TPSA) is 16.4 Å². The van der Waals surface area contributed by atoms with Gasteiger partial charge in [-0.05, 0) is 104 Å². The second-order valence-corrected chi connectivity index (χ2v) is 16.3. The monoisotopic (exact) mass is 769 g/mol. The molecule has 12 rings (SSSR count). The minimum Gasteiger partial charge on any atom is -0.455 e. The van der Waals surface area contributed by atoms with Crippen molar-refractivity contribution in [3.8, 4) is 33.4 Å². The lowest BCUT2D eigenvalue weighted by atomic mass is 9.92. The molecule has 2 heterocycles. The Bertz CT molecular complexity index is 3560. The molecule has 0 atom stereocenters. The minimum atomic E-state index is 0.898. The van der Waals surface area contributed by atoms with Crippen molar-refractivity contribution in [3.63, 3.8) is 0 Å². The maximum absolute atomic E-state index is 6.61. The van der Waals surface area contributed by atoms with Gasteiger partial charge in [-0.3, -0.25) is 0 Å². The smallest absolute Gasteiger partial charge is 0.143 e. The summed E-state index contributed by atoms with van der Waals surface area (Å²) in [7, 11) is 0. The van der Waals surface area contributed by atoms with E-state index in [2.05, 4.69) is 211 Å². The van der Waals surface area contributed by atoms with E-state index in [1.54, 1.807) is 0 Å². The third-order valence-corrected chi connectivity index (χ3v) is 13.0. The van der Waals surface area contributed by atoms with Crippen molar-refractivity contribution in [1.29, 1.82) is 0 Å². The van der Waals surface area contributed by atoms with Crippen LogP contribution < -0.4 is 4.90 Å². The molecule has 3 heteroatoms. The first-order chi connectivity index (χ1) is 29.3. The summed E-state index contributed by atoms with van der Waals surface area (Å²) in [5.41, 5.74) is 12.0. The van der Waals surface area contributed by atoms with Gasteiger partial charge in [0.25, 0.3) is 0 Å². The van der Waals surface area contributed by atoms with Gasteiger partial charge in [0.2, 0.25) is 0 Å². The first-order valence-electron chi connectivity index (χ1n) is 20.1. The summed E-state index contributed by atoms with van der Waals surface area (Å²) in [6.07, 6.45) is 0. The van der Waals surface area contributed by atoms with Crippen molar-refractivity contribution in [3.05, 3.63) is 212 Å². The van der Waals surface area contributed by atoms with Gasteiger partial charge in [0, 0.05) is 47.9 Å². The summed E-state index contributed by atoms with van der Waals surface area (Å²) in [4.78, 5) is 2.45. The molecule has 59 heavy (non-hydrogen) atoms. The highest BCUT2D eigenvalue weighted by molar-refractivity contribution is 7.26. The van der Waals surface area contributed by atoms with Gasteiger partial charge in [-0.15, -0.1) is 11.3 Å². The standard InChI is InChI=1S/C56H35NOS/c1-2-14-36(15-3-1)50-35-40(32-33-44(50)46-22-12-23-47-45-20-8-10-25-52(45)58-56(46)47)57(51-24-13-27-54-55(51)48-21-9-11-26-53(48)59-54)39-30-28-37(29-31-39)49-34-38-16-4-5-17-41(38)42-18-6-7-19-43(42)49/h1-35H. The number of thiophene rings is 1. The number of hydrogen-bond acceptors (Lipinski definition) is 3. The van der Waals surface area contributed by atoms with Crippen molar-refractivity contribution in [2.24, 2.45) is 0 Å². The highest BCUT2D eigenvalue weighted by atomic mass is 32.1. The molecule has 0 amide bonds. The van der Waals surface area contributed by atoms with Crippen molar-refractivity contribution < 1.29 is 4.42 Å². The lowest BCUT2D eigenvalue weighted by Gasteiger charge is -2.28. The molecule has 276 valence electrons. The first kappa shape index (κ1) is 33.7. The lowest BCUT2D eigenvalue weighted by molar-refractivity contribution is 0.670. The van der Waals surface area contributed by atoms with E-state index in [1.165, 1.54) is 52.8 Å². The molecule has 2 aromatic heterocycles. The molecule has 0 fully saturated rings. The van der Waals surface area contributed by atoms with Crippen LogP contribution in [-0.2, 0) is 0 Å². The minimum absolute atomic E-state index is 0.898. The summed E-state index contributed by atoms with van der Waals surface area (Å²) in [5, 5.41) is 9.83. The number of benzene rings is 10. The fraction of sp³-hybridized carbons (Fsp3) is 0. The zero-order chi connectivity index (χ0) is 38.9. The molecule has 0 spiro atoms. The van der Waals surface area contributed by atoms with Gasteiger partial charge in [0.05, 0.1) is 5.69 Å². The molecular formula is C56H35NOS. The predicted molar refractivity (Wildman–Crippen MR) is 253 cm³/mol. The highest BCUT2D eigenvalue weighted by Crippen LogP contribution is 2.48. The van der Waals surface area contributed by atoms with Crippen molar-refractivity contribution >= 4 is 92.1 Å². The average Bonchev–Trinajstić information content (AvgIpc) is 3.89. The van der Waals surface area contributed by atoms with E-state index in [9.17, 15) is 0 Å². The average molecular weight is 770 g/mol. The van der Waals surface area contributed by atoms with Crippen LogP contribution in [0.25, 0.3) is 97.0 Å². The molecule has 0 bridgehead atoms. The van der Waals surface area contributed by atoms with E-state index in [0.29, 0.717) is 0 Å². The number of anilines is 3. The van der Waals surface area contributed by atoms with Crippen LogP contribution >= 0.6 is 11.3 Å². The Hall–Kier alpha value is -7.46. The van der Waals surface area contributed by atoms with E-state index in [1.807, 2.05) is 17.4 Å². The third-order valence-electron chi connectivity index (χ3n) is 11.9. The maximum Gasteiger partial charge on any atom is 0.143 e. The van der Waals surface area contributed by atoms with Crippen LogP contribution in [0.4, 0.5) is 17.1 Å². The predicted octanol–water partition coefficient (Wildman–Crippen LogP) is 16.7. The molecule has 0 aliphatic carbocycles. The summed E-state index contributed by atoms with van der Waals surface area (Å²) >= 11 is 1.85. The number of nitrogens with zero attached hydrogens (tertiary/aromatic N) is 1. The van der Waals surface area contributed by atoms with Crippen LogP contribution in [0, 0.1) is 0 Å². The quantitative estimate of drug-likeness (QED) is 0.157. The SMILES string of the molecule is c1ccc(-c2cc(N(c3ccc(-c4cc5ccccc5c5ccccc45)cc3)c3cccc4sc5ccccc5c34)ccc2-c2cccc3c2oc2ccccc23)cc1. The molecule has 2 nitrogen and oxygen atoms in total. The fourth-order valence-corrected chi connectivity index (χ4v) is 10.3. The fourth-order valence-electron chi connectivity index (χ4n) is 9.17.